The van der Waals surface area contributed by atoms with E-state index in [4.69, 9.17) is 27.6 Å². The van der Waals surface area contributed by atoms with Gasteiger partial charge in [0.2, 0.25) is 5.91 Å². The first kappa shape index (κ1) is 19.0. The molecule has 3 heterocycles. The number of pyridine rings is 1. The summed E-state index contributed by atoms with van der Waals surface area (Å²) in [5, 5.41) is 3.88. The summed E-state index contributed by atoms with van der Waals surface area (Å²) >= 11 is 11.8. The normalized spacial score (nSPS) is 15.8. The van der Waals surface area contributed by atoms with Crippen molar-refractivity contribution in [1.29, 1.82) is 0 Å². The molecular formula is C19H18Cl2N4O3. The highest BCUT2D eigenvalue weighted by molar-refractivity contribution is 6.31. The number of piperidine rings is 1. The van der Waals surface area contributed by atoms with Gasteiger partial charge in [-0.25, -0.2) is 9.78 Å². The molecule has 1 N–H and O–H groups in total. The molecule has 0 saturated carbocycles. The van der Waals surface area contributed by atoms with Crippen LogP contribution in [0.1, 0.15) is 12.8 Å². The number of likely N-dealkylation sites (tertiary alicyclic amines) is 1. The van der Waals surface area contributed by atoms with E-state index < -0.39 is 5.76 Å². The van der Waals surface area contributed by atoms with E-state index in [1.54, 1.807) is 34.9 Å². The molecule has 7 nitrogen and oxygen atoms in total. The Morgan fingerprint density at radius 2 is 1.93 bits per heavy atom. The highest BCUT2D eigenvalue weighted by atomic mass is 35.5. The first-order valence-corrected chi connectivity index (χ1v) is 9.69. The Labute approximate surface area is 170 Å². The number of benzene rings is 1. The fraction of sp³-hybridized carbons (Fsp3) is 0.316. The molecule has 1 aromatic carbocycles. The zero-order chi connectivity index (χ0) is 19.7. The molecule has 9 heteroatoms. The third-order valence-electron chi connectivity index (χ3n) is 4.91. The first-order chi connectivity index (χ1) is 13.5. The number of aromatic nitrogens is 2. The smallest absolute Gasteiger partial charge is 0.408 e. The van der Waals surface area contributed by atoms with E-state index in [9.17, 15) is 9.59 Å². The van der Waals surface area contributed by atoms with Crippen molar-refractivity contribution in [1.82, 2.24) is 14.5 Å². The van der Waals surface area contributed by atoms with Crippen LogP contribution in [0.4, 0.5) is 5.82 Å². The average molecular weight is 421 g/mol. The molecule has 0 aliphatic carbocycles. The van der Waals surface area contributed by atoms with Gasteiger partial charge in [-0.05, 0) is 37.1 Å². The van der Waals surface area contributed by atoms with Crippen molar-refractivity contribution in [2.75, 3.05) is 18.4 Å². The maximum Gasteiger partial charge on any atom is 0.421 e. The van der Waals surface area contributed by atoms with E-state index in [0.29, 0.717) is 59.6 Å². The SMILES string of the molecule is O=C(Nc1ccc(Cl)cn1)C1CCN(Cn2c(=O)oc3cc(Cl)ccc32)CC1. The van der Waals surface area contributed by atoms with Crippen LogP contribution in [0.2, 0.25) is 10.0 Å². The van der Waals surface area contributed by atoms with E-state index in [1.807, 2.05) is 0 Å². The lowest BCUT2D eigenvalue weighted by Crippen LogP contribution is -2.40. The largest absolute Gasteiger partial charge is 0.421 e. The summed E-state index contributed by atoms with van der Waals surface area (Å²) in [5.74, 6) is -0.0572. The Balaban J connectivity index is 1.37. The maximum atomic E-state index is 12.5. The second-order valence-corrected chi connectivity index (χ2v) is 7.67. The number of oxazole rings is 1. The number of nitrogens with zero attached hydrogens (tertiary/aromatic N) is 3. The molecule has 1 aliphatic heterocycles. The van der Waals surface area contributed by atoms with E-state index >= 15 is 0 Å². The molecule has 0 bridgehead atoms. The molecule has 1 saturated heterocycles. The molecule has 146 valence electrons. The Kier molecular flexibility index (Phi) is 5.39. The number of hydrogen-bond acceptors (Lipinski definition) is 5. The van der Waals surface area contributed by atoms with Gasteiger partial charge in [-0.3, -0.25) is 14.3 Å². The summed E-state index contributed by atoms with van der Waals surface area (Å²) in [6.07, 6.45) is 2.91. The van der Waals surface area contributed by atoms with Crippen LogP contribution in [0, 0.1) is 5.92 Å². The van der Waals surface area contributed by atoms with Crippen molar-refractivity contribution >= 4 is 46.0 Å². The van der Waals surface area contributed by atoms with Gasteiger partial charge < -0.3 is 9.73 Å². The first-order valence-electron chi connectivity index (χ1n) is 8.93. The van der Waals surface area contributed by atoms with E-state index in [2.05, 4.69) is 15.2 Å². The highest BCUT2D eigenvalue weighted by Crippen LogP contribution is 2.22. The summed E-state index contributed by atoms with van der Waals surface area (Å²) in [6, 6.07) is 8.51. The molecule has 0 radical (unpaired) electrons. The van der Waals surface area contributed by atoms with Gasteiger partial charge in [0.25, 0.3) is 0 Å². The maximum absolute atomic E-state index is 12.5. The number of anilines is 1. The average Bonchev–Trinajstić information content (AvgIpc) is 2.98. The second-order valence-electron chi connectivity index (χ2n) is 6.79. The lowest BCUT2D eigenvalue weighted by atomic mass is 9.96. The summed E-state index contributed by atoms with van der Waals surface area (Å²) in [6.45, 7) is 1.83. The van der Waals surface area contributed by atoms with Crippen molar-refractivity contribution < 1.29 is 9.21 Å². The van der Waals surface area contributed by atoms with Crippen LogP contribution in [0.15, 0.2) is 45.7 Å². The number of amides is 1. The van der Waals surface area contributed by atoms with Crippen LogP contribution in [-0.4, -0.2) is 33.4 Å². The molecule has 3 aromatic rings. The van der Waals surface area contributed by atoms with Gasteiger partial charge in [0, 0.05) is 36.3 Å². The van der Waals surface area contributed by atoms with Crippen molar-refractivity contribution in [3.05, 3.63) is 57.1 Å². The van der Waals surface area contributed by atoms with Gasteiger partial charge in [0.1, 0.15) is 5.82 Å². The molecule has 1 amide bonds. The number of rotatable bonds is 4. The number of halogens is 2. The van der Waals surface area contributed by atoms with Crippen molar-refractivity contribution in [3.63, 3.8) is 0 Å². The summed E-state index contributed by atoms with van der Waals surface area (Å²) < 4.78 is 6.86. The zero-order valence-corrected chi connectivity index (χ0v) is 16.4. The van der Waals surface area contributed by atoms with Gasteiger partial charge in [-0.2, -0.15) is 0 Å². The Morgan fingerprint density at radius 1 is 1.18 bits per heavy atom. The number of nitrogens with one attached hydrogen (secondary N) is 1. The molecule has 0 spiro atoms. The lowest BCUT2D eigenvalue weighted by Gasteiger charge is -2.31. The van der Waals surface area contributed by atoms with Crippen LogP contribution < -0.4 is 11.1 Å². The van der Waals surface area contributed by atoms with Crippen molar-refractivity contribution in [2.24, 2.45) is 5.92 Å². The minimum absolute atomic E-state index is 0.0463. The van der Waals surface area contributed by atoms with E-state index in [-0.39, 0.29) is 11.8 Å². The number of fused-ring (bicyclic) bond motifs is 1. The minimum atomic E-state index is -0.411. The molecule has 1 fully saturated rings. The molecule has 4 rings (SSSR count). The third kappa shape index (κ3) is 4.06. The van der Waals surface area contributed by atoms with Gasteiger partial charge in [0.15, 0.2) is 5.58 Å². The van der Waals surface area contributed by atoms with E-state index in [0.717, 1.165) is 0 Å². The second kappa shape index (κ2) is 7.95. The predicted octanol–water partition coefficient (Wildman–Crippen LogP) is 3.60. The fourth-order valence-corrected chi connectivity index (χ4v) is 3.66. The standard InChI is InChI=1S/C19H18Cl2N4O3/c20-13-1-3-15-16(9-13)28-19(27)25(15)11-24-7-5-12(6-8-24)18(26)23-17-4-2-14(21)10-22-17/h1-4,9-10,12H,5-8,11H2,(H,22,23,26). The van der Waals surface area contributed by atoms with Crippen molar-refractivity contribution in [3.8, 4) is 0 Å². The summed E-state index contributed by atoms with van der Waals surface area (Å²) in [5.41, 5.74) is 1.19. The molecule has 1 aliphatic rings. The van der Waals surface area contributed by atoms with E-state index in [1.165, 1.54) is 6.20 Å². The number of carbonyl (C=O) groups excluding carboxylic acids is 1. The predicted molar refractivity (Wildman–Crippen MR) is 108 cm³/mol. The lowest BCUT2D eigenvalue weighted by molar-refractivity contribution is -0.121. The molecular weight excluding hydrogens is 403 g/mol. The van der Waals surface area contributed by atoms with Gasteiger partial charge in [-0.15, -0.1) is 0 Å². The van der Waals surface area contributed by atoms with Crippen LogP contribution >= 0.6 is 23.2 Å². The quantitative estimate of drug-likeness (QED) is 0.696. The van der Waals surface area contributed by atoms with Crippen LogP contribution in [-0.2, 0) is 11.5 Å². The molecule has 2 aromatic heterocycles. The molecule has 28 heavy (non-hydrogen) atoms. The molecule has 0 atom stereocenters. The molecule has 0 unspecified atom stereocenters. The minimum Gasteiger partial charge on any atom is -0.408 e. The number of carbonyl (C=O) groups is 1. The number of hydrogen-bond donors (Lipinski definition) is 1. The van der Waals surface area contributed by atoms with Crippen LogP contribution in [0.25, 0.3) is 11.1 Å². The van der Waals surface area contributed by atoms with Crippen LogP contribution in [0.5, 0.6) is 0 Å². The Bertz CT molecular complexity index is 1050. The van der Waals surface area contributed by atoms with Crippen molar-refractivity contribution in [2.45, 2.75) is 19.5 Å². The Hall–Kier alpha value is -2.35. The van der Waals surface area contributed by atoms with Gasteiger partial charge in [0.05, 0.1) is 17.2 Å². The topological polar surface area (TPSA) is 80.4 Å². The van der Waals surface area contributed by atoms with Crippen LogP contribution in [0.3, 0.4) is 0 Å². The fourth-order valence-electron chi connectivity index (χ4n) is 3.39. The van der Waals surface area contributed by atoms with Gasteiger partial charge >= 0.3 is 5.76 Å². The summed E-state index contributed by atoms with van der Waals surface area (Å²) in [4.78, 5) is 30.8. The highest BCUT2D eigenvalue weighted by Gasteiger charge is 2.26. The zero-order valence-electron chi connectivity index (χ0n) is 14.9. The Morgan fingerprint density at radius 3 is 2.64 bits per heavy atom. The van der Waals surface area contributed by atoms with Gasteiger partial charge in [-0.1, -0.05) is 23.2 Å². The monoisotopic (exact) mass is 420 g/mol. The summed E-state index contributed by atoms with van der Waals surface area (Å²) in [7, 11) is 0. The third-order valence-corrected chi connectivity index (χ3v) is 5.37.